The van der Waals surface area contributed by atoms with Crippen LogP contribution in [0, 0.1) is 5.92 Å². The van der Waals surface area contributed by atoms with Crippen molar-refractivity contribution in [1.29, 1.82) is 0 Å². The molecule has 1 aliphatic rings. The first-order chi connectivity index (χ1) is 7.24. The zero-order valence-electron chi connectivity index (χ0n) is 8.95. The minimum atomic E-state index is 0.0808. The largest absolute Gasteiger partial charge is 0.394 e. The fourth-order valence-electron chi connectivity index (χ4n) is 1.41. The highest BCUT2D eigenvalue weighted by atomic mass is 35.5. The van der Waals surface area contributed by atoms with Gasteiger partial charge in [-0.05, 0) is 18.6 Å². The number of aliphatic hydroxyl groups excluding tert-OH is 1. The Hall–Kier alpha value is -0.570. The molecule has 15 heavy (non-hydrogen) atoms. The second-order valence-corrected chi connectivity index (χ2v) is 4.04. The van der Waals surface area contributed by atoms with Crippen LogP contribution in [0.1, 0.15) is 13.3 Å². The maximum atomic E-state index is 8.59. The number of hydrogen-bond donors (Lipinski definition) is 1. The average Bonchev–Trinajstić information content (AvgIpc) is 2.43. The van der Waals surface area contributed by atoms with E-state index in [4.69, 9.17) is 21.4 Å². The van der Waals surface area contributed by atoms with Gasteiger partial charge in [0, 0.05) is 11.0 Å². The summed E-state index contributed by atoms with van der Waals surface area (Å²) in [6.45, 7) is 3.25. The fourth-order valence-corrected chi connectivity index (χ4v) is 1.57. The summed E-state index contributed by atoms with van der Waals surface area (Å²) >= 11 is 5.88. The number of rotatable bonds is 5. The zero-order chi connectivity index (χ0) is 11.1. The van der Waals surface area contributed by atoms with E-state index in [-0.39, 0.29) is 6.61 Å². The summed E-state index contributed by atoms with van der Waals surface area (Å²) in [6.07, 6.45) is 8.83. The van der Waals surface area contributed by atoms with Gasteiger partial charge in [-0.25, -0.2) is 0 Å². The third-order valence-electron chi connectivity index (χ3n) is 2.32. The third-order valence-corrected chi connectivity index (χ3v) is 2.58. The summed E-state index contributed by atoms with van der Waals surface area (Å²) in [4.78, 5) is 0. The molecule has 1 N–H and O–H groups in total. The second kappa shape index (κ2) is 6.83. The maximum Gasteiger partial charge on any atom is 0.0697 e. The molecular formula is C12H17ClO2. The van der Waals surface area contributed by atoms with E-state index >= 15 is 0 Å². The number of hydrogen-bond acceptors (Lipinski definition) is 2. The third kappa shape index (κ3) is 4.65. The lowest BCUT2D eigenvalue weighted by molar-refractivity contribution is 0.0779. The van der Waals surface area contributed by atoms with Crippen LogP contribution in [0.5, 0.6) is 0 Å². The molecule has 0 aromatic carbocycles. The molecule has 1 rings (SSSR count). The van der Waals surface area contributed by atoms with Gasteiger partial charge in [0.2, 0.25) is 0 Å². The number of allylic oxidation sites excluding steroid dienone is 5. The Morgan fingerprint density at radius 1 is 1.53 bits per heavy atom. The molecule has 0 radical (unpaired) electrons. The topological polar surface area (TPSA) is 29.5 Å². The molecule has 3 heteroatoms. The van der Waals surface area contributed by atoms with Crippen molar-refractivity contribution in [3.63, 3.8) is 0 Å². The quantitative estimate of drug-likeness (QED) is 0.734. The van der Waals surface area contributed by atoms with Crippen LogP contribution in [0.4, 0.5) is 0 Å². The smallest absolute Gasteiger partial charge is 0.0697 e. The summed E-state index contributed by atoms with van der Waals surface area (Å²) < 4.78 is 5.30. The molecule has 84 valence electrons. The highest BCUT2D eigenvalue weighted by Crippen LogP contribution is 2.20. The van der Waals surface area contributed by atoms with Gasteiger partial charge in [0.1, 0.15) is 0 Å². The standard InChI is InChI=1S/C12H17ClO2/c1-10(9-15-8-7-14)11-3-2-4-12(13)6-5-11/h2,4-6,10,14H,3,7-9H2,1H3/t10-/m0/s1. The highest BCUT2D eigenvalue weighted by Gasteiger charge is 2.08. The predicted octanol–water partition coefficient (Wildman–Crippen LogP) is 2.64. The molecule has 0 heterocycles. The Kier molecular flexibility index (Phi) is 5.69. The Labute approximate surface area is 95.9 Å². The summed E-state index contributed by atoms with van der Waals surface area (Å²) in [7, 11) is 0. The van der Waals surface area contributed by atoms with Crippen molar-refractivity contribution in [2.45, 2.75) is 13.3 Å². The lowest BCUT2D eigenvalue weighted by Crippen LogP contribution is -2.10. The van der Waals surface area contributed by atoms with Gasteiger partial charge < -0.3 is 9.84 Å². The van der Waals surface area contributed by atoms with Crippen LogP contribution in [0.15, 0.2) is 34.9 Å². The SMILES string of the molecule is C[C@@H](COCCO)C1=CC=C(Cl)C=CC1. The van der Waals surface area contributed by atoms with Gasteiger partial charge in [0.25, 0.3) is 0 Å². The molecule has 1 aliphatic carbocycles. The van der Waals surface area contributed by atoms with E-state index in [0.29, 0.717) is 19.1 Å². The maximum absolute atomic E-state index is 8.59. The molecule has 0 aromatic heterocycles. The summed E-state index contributed by atoms with van der Waals surface area (Å²) in [6, 6.07) is 0. The van der Waals surface area contributed by atoms with E-state index in [1.54, 1.807) is 0 Å². The Morgan fingerprint density at radius 3 is 3.07 bits per heavy atom. The number of aliphatic hydroxyl groups is 1. The van der Waals surface area contributed by atoms with Gasteiger partial charge in [-0.3, -0.25) is 0 Å². The monoisotopic (exact) mass is 228 g/mol. The van der Waals surface area contributed by atoms with Crippen molar-refractivity contribution in [3.05, 3.63) is 34.9 Å². The number of ether oxygens (including phenoxy) is 1. The molecule has 0 bridgehead atoms. The van der Waals surface area contributed by atoms with Gasteiger partial charge in [-0.1, -0.05) is 36.2 Å². The van der Waals surface area contributed by atoms with Crippen LogP contribution in [-0.2, 0) is 4.74 Å². The van der Waals surface area contributed by atoms with Crippen molar-refractivity contribution in [1.82, 2.24) is 0 Å². The number of halogens is 1. The average molecular weight is 229 g/mol. The summed E-state index contributed by atoms with van der Waals surface area (Å²) in [5.41, 5.74) is 1.31. The Balaban J connectivity index is 2.45. The molecule has 1 atom stereocenters. The van der Waals surface area contributed by atoms with E-state index in [1.807, 2.05) is 12.2 Å². The molecule has 0 spiro atoms. The second-order valence-electron chi connectivity index (χ2n) is 3.60. The zero-order valence-corrected chi connectivity index (χ0v) is 9.70. The molecule has 0 fully saturated rings. The van der Waals surface area contributed by atoms with Crippen LogP contribution in [0.3, 0.4) is 0 Å². The van der Waals surface area contributed by atoms with Crippen molar-refractivity contribution in [2.75, 3.05) is 19.8 Å². The minimum Gasteiger partial charge on any atom is -0.394 e. The van der Waals surface area contributed by atoms with E-state index in [9.17, 15) is 0 Å². The van der Waals surface area contributed by atoms with E-state index in [0.717, 1.165) is 11.5 Å². The van der Waals surface area contributed by atoms with Crippen molar-refractivity contribution >= 4 is 11.6 Å². The summed E-state index contributed by atoms with van der Waals surface area (Å²) in [5.74, 6) is 0.361. The van der Waals surface area contributed by atoms with Gasteiger partial charge in [-0.15, -0.1) is 0 Å². The molecular weight excluding hydrogens is 212 g/mol. The van der Waals surface area contributed by atoms with E-state index in [2.05, 4.69) is 19.1 Å². The Morgan fingerprint density at radius 2 is 2.33 bits per heavy atom. The molecule has 0 saturated carbocycles. The molecule has 0 amide bonds. The first-order valence-electron chi connectivity index (χ1n) is 5.15. The first kappa shape index (κ1) is 12.5. The lowest BCUT2D eigenvalue weighted by atomic mass is 9.99. The van der Waals surface area contributed by atoms with Crippen LogP contribution in [0.25, 0.3) is 0 Å². The van der Waals surface area contributed by atoms with Gasteiger partial charge in [0.05, 0.1) is 19.8 Å². The van der Waals surface area contributed by atoms with Crippen molar-refractivity contribution < 1.29 is 9.84 Å². The minimum absolute atomic E-state index is 0.0808. The summed E-state index contributed by atoms with van der Waals surface area (Å²) in [5, 5.41) is 9.35. The normalized spacial score (nSPS) is 18.1. The molecule has 0 unspecified atom stereocenters. The molecule has 0 aliphatic heterocycles. The van der Waals surface area contributed by atoms with Crippen LogP contribution < -0.4 is 0 Å². The van der Waals surface area contributed by atoms with Crippen LogP contribution >= 0.6 is 11.6 Å². The van der Waals surface area contributed by atoms with Gasteiger partial charge in [0.15, 0.2) is 0 Å². The predicted molar refractivity (Wildman–Crippen MR) is 62.8 cm³/mol. The Bertz CT molecular complexity index is 279. The first-order valence-corrected chi connectivity index (χ1v) is 5.53. The van der Waals surface area contributed by atoms with Gasteiger partial charge in [-0.2, -0.15) is 0 Å². The van der Waals surface area contributed by atoms with Crippen LogP contribution in [-0.4, -0.2) is 24.9 Å². The van der Waals surface area contributed by atoms with E-state index in [1.165, 1.54) is 5.57 Å². The van der Waals surface area contributed by atoms with Crippen LogP contribution in [0.2, 0.25) is 0 Å². The lowest BCUT2D eigenvalue weighted by Gasteiger charge is -2.13. The van der Waals surface area contributed by atoms with Gasteiger partial charge >= 0.3 is 0 Å². The van der Waals surface area contributed by atoms with Crippen molar-refractivity contribution in [3.8, 4) is 0 Å². The van der Waals surface area contributed by atoms with E-state index < -0.39 is 0 Å². The highest BCUT2D eigenvalue weighted by molar-refractivity contribution is 6.31. The molecule has 0 aromatic rings. The van der Waals surface area contributed by atoms with Crippen molar-refractivity contribution in [2.24, 2.45) is 5.92 Å². The molecule has 2 nitrogen and oxygen atoms in total. The fraction of sp³-hybridized carbons (Fsp3) is 0.500. The molecule has 0 saturated heterocycles.